The zero-order valence-electron chi connectivity index (χ0n) is 13.3. The number of hydrogen-bond donors (Lipinski definition) is 3. The maximum atomic E-state index is 8.97. The summed E-state index contributed by atoms with van der Waals surface area (Å²) >= 11 is 5.66. The summed E-state index contributed by atoms with van der Waals surface area (Å²) in [5.74, 6) is 0.622. The molecule has 1 heterocycles. The summed E-state index contributed by atoms with van der Waals surface area (Å²) in [6, 6.07) is 6.79. The molecule has 3 N–H and O–H groups in total. The fraction of sp³-hybridized carbons (Fsp3) is 0.462. The number of ether oxygens (including phenoxy) is 2. The van der Waals surface area contributed by atoms with Gasteiger partial charge in [0.1, 0.15) is 25.1 Å². The minimum Gasteiger partial charge on any atom is -1.00 e. The van der Waals surface area contributed by atoms with Crippen LogP contribution in [0.4, 0.5) is 0 Å². The Labute approximate surface area is 153 Å². The first-order chi connectivity index (χ1) is 9.72. The van der Waals surface area contributed by atoms with Gasteiger partial charge in [0.25, 0.3) is 0 Å². The fourth-order valence-electron chi connectivity index (χ4n) is 1.04. The standard InChI is InChI=1S/C9H11ClO3.C3H5NO.CH4O.Na.H/c10-7-1-3-9(4-2-7)13-6-8(12)5-11;1-2-5-3-4-1;1-2;;/h1-4,8,11-12H,5-6H2;3H,1-2H2;2H,1H3;;/q;;;+1;-1. The Kier molecular flexibility index (Phi) is 17.5. The SMILES string of the molecule is C1=NCCO1.CO.OCC(O)COc1ccc(Cl)cc1.[H-].[Na+]. The van der Waals surface area contributed by atoms with Crippen LogP contribution in [-0.2, 0) is 4.74 Å². The molecule has 1 atom stereocenters. The number of aliphatic imine (C=N–C) groups is 1. The molecule has 8 heteroatoms. The molecule has 0 spiro atoms. The molecule has 1 aliphatic heterocycles. The molecule has 0 bridgehead atoms. The Morgan fingerprint density at radius 1 is 1.38 bits per heavy atom. The first-order valence-electron chi connectivity index (χ1n) is 5.94. The summed E-state index contributed by atoms with van der Waals surface area (Å²) in [4.78, 5) is 3.74. The van der Waals surface area contributed by atoms with Gasteiger partial charge in [-0.2, -0.15) is 0 Å². The van der Waals surface area contributed by atoms with Crippen molar-refractivity contribution in [2.45, 2.75) is 6.10 Å². The van der Waals surface area contributed by atoms with Gasteiger partial charge in [0, 0.05) is 12.1 Å². The third kappa shape index (κ3) is 13.1. The molecule has 0 radical (unpaired) electrons. The second-order valence-corrected chi connectivity index (χ2v) is 3.92. The van der Waals surface area contributed by atoms with Gasteiger partial charge in [-0.1, -0.05) is 11.6 Å². The van der Waals surface area contributed by atoms with Crippen molar-refractivity contribution >= 4 is 18.0 Å². The summed E-state index contributed by atoms with van der Waals surface area (Å²) in [5.41, 5.74) is 0. The van der Waals surface area contributed by atoms with E-state index < -0.39 is 6.10 Å². The van der Waals surface area contributed by atoms with E-state index in [2.05, 4.69) is 9.73 Å². The maximum Gasteiger partial charge on any atom is 1.00 e. The summed E-state index contributed by atoms with van der Waals surface area (Å²) in [6.07, 6.45) is 0.649. The van der Waals surface area contributed by atoms with Crippen LogP contribution in [0.5, 0.6) is 5.75 Å². The molecule has 0 aliphatic carbocycles. The molecule has 1 aromatic carbocycles. The van der Waals surface area contributed by atoms with E-state index in [1.807, 2.05) is 0 Å². The van der Waals surface area contributed by atoms with E-state index in [0.29, 0.717) is 10.8 Å². The van der Waals surface area contributed by atoms with Crippen LogP contribution in [0.3, 0.4) is 0 Å². The number of nitrogens with zero attached hydrogens (tertiary/aromatic N) is 1. The first kappa shape index (κ1) is 22.9. The van der Waals surface area contributed by atoms with Crippen molar-refractivity contribution in [3.8, 4) is 5.75 Å². The predicted octanol–water partition coefficient (Wildman–Crippen LogP) is -2.16. The summed E-state index contributed by atoms with van der Waals surface area (Å²) in [5, 5.41) is 25.1. The molecule has 0 saturated heterocycles. The third-order valence-electron chi connectivity index (χ3n) is 1.95. The number of aliphatic hydroxyl groups is 3. The molecule has 0 saturated carbocycles. The zero-order valence-corrected chi connectivity index (χ0v) is 15.0. The number of halogens is 1. The summed E-state index contributed by atoms with van der Waals surface area (Å²) < 4.78 is 9.80. The van der Waals surface area contributed by atoms with Crippen molar-refractivity contribution in [2.75, 3.05) is 33.5 Å². The van der Waals surface area contributed by atoms with E-state index in [-0.39, 0.29) is 44.2 Å². The molecule has 6 nitrogen and oxygen atoms in total. The molecule has 0 aromatic heterocycles. The average Bonchev–Trinajstić information content (AvgIpc) is 3.08. The molecule has 0 fully saturated rings. The molecule has 1 aromatic rings. The monoisotopic (exact) mass is 329 g/mol. The van der Waals surface area contributed by atoms with Crippen LogP contribution in [0.2, 0.25) is 5.02 Å². The van der Waals surface area contributed by atoms with Crippen molar-refractivity contribution in [1.82, 2.24) is 0 Å². The average molecular weight is 330 g/mol. The Bertz CT molecular complexity index is 364. The first-order valence-corrected chi connectivity index (χ1v) is 6.32. The van der Waals surface area contributed by atoms with Crippen LogP contribution >= 0.6 is 11.6 Å². The molecule has 2 rings (SSSR count). The Morgan fingerprint density at radius 3 is 2.38 bits per heavy atom. The second-order valence-electron chi connectivity index (χ2n) is 3.48. The van der Waals surface area contributed by atoms with Gasteiger partial charge < -0.3 is 26.2 Å². The molecular weight excluding hydrogens is 309 g/mol. The Hall–Kier alpha value is -0.340. The van der Waals surface area contributed by atoms with E-state index in [9.17, 15) is 0 Å². The normalized spacial score (nSPS) is 12.6. The van der Waals surface area contributed by atoms with Crippen molar-refractivity contribution in [3.05, 3.63) is 29.3 Å². The van der Waals surface area contributed by atoms with Gasteiger partial charge in [-0.25, -0.2) is 0 Å². The molecule has 1 unspecified atom stereocenters. The molecular formula is C13H21ClNNaO5. The third-order valence-corrected chi connectivity index (χ3v) is 2.21. The van der Waals surface area contributed by atoms with Gasteiger partial charge in [0.2, 0.25) is 0 Å². The van der Waals surface area contributed by atoms with Crippen LogP contribution in [-0.4, -0.2) is 61.3 Å². The Morgan fingerprint density at radius 2 is 2.00 bits per heavy atom. The topological polar surface area (TPSA) is 91.5 Å². The fourth-order valence-corrected chi connectivity index (χ4v) is 1.17. The summed E-state index contributed by atoms with van der Waals surface area (Å²) in [7, 11) is 1.00. The van der Waals surface area contributed by atoms with Gasteiger partial charge in [0.05, 0.1) is 13.2 Å². The molecule has 0 amide bonds. The van der Waals surface area contributed by atoms with Gasteiger partial charge >= 0.3 is 29.6 Å². The van der Waals surface area contributed by atoms with Crippen molar-refractivity contribution in [3.63, 3.8) is 0 Å². The summed E-state index contributed by atoms with van der Waals surface area (Å²) in [6.45, 7) is 1.41. The second kappa shape index (κ2) is 16.0. The van der Waals surface area contributed by atoms with Crippen molar-refractivity contribution < 1.29 is 55.8 Å². The minimum atomic E-state index is -0.837. The minimum absolute atomic E-state index is 0. The van der Waals surface area contributed by atoms with Gasteiger partial charge in [0.15, 0.2) is 6.40 Å². The predicted molar refractivity (Wildman–Crippen MR) is 78.6 cm³/mol. The number of rotatable bonds is 4. The van der Waals surface area contributed by atoms with E-state index in [1.54, 1.807) is 24.3 Å². The zero-order chi connectivity index (χ0) is 15.2. The van der Waals surface area contributed by atoms with Crippen molar-refractivity contribution in [2.24, 2.45) is 4.99 Å². The van der Waals surface area contributed by atoms with Gasteiger partial charge in [-0.05, 0) is 24.3 Å². The van der Waals surface area contributed by atoms with Gasteiger partial charge in [-0.3, -0.25) is 4.99 Å². The smallest absolute Gasteiger partial charge is 1.00 e. The van der Waals surface area contributed by atoms with E-state index in [1.165, 1.54) is 6.40 Å². The number of hydrogen-bond acceptors (Lipinski definition) is 6. The van der Waals surface area contributed by atoms with Gasteiger partial charge in [-0.15, -0.1) is 0 Å². The molecule has 116 valence electrons. The van der Waals surface area contributed by atoms with Crippen molar-refractivity contribution in [1.29, 1.82) is 0 Å². The van der Waals surface area contributed by atoms with E-state index >= 15 is 0 Å². The quantitative estimate of drug-likeness (QED) is 0.548. The van der Waals surface area contributed by atoms with Crippen LogP contribution in [0.1, 0.15) is 1.43 Å². The maximum absolute atomic E-state index is 8.97. The van der Waals surface area contributed by atoms with Crippen LogP contribution in [0.15, 0.2) is 29.3 Å². The van der Waals surface area contributed by atoms with E-state index in [4.69, 9.17) is 31.7 Å². The molecule has 1 aliphatic rings. The number of aliphatic hydroxyl groups excluding tert-OH is 3. The van der Waals surface area contributed by atoms with Crippen LogP contribution in [0.25, 0.3) is 0 Å². The molecule has 21 heavy (non-hydrogen) atoms. The Balaban J connectivity index is -0.000000340. The van der Waals surface area contributed by atoms with Crippen LogP contribution < -0.4 is 34.3 Å². The van der Waals surface area contributed by atoms with Crippen LogP contribution in [0, 0.1) is 0 Å². The largest absolute Gasteiger partial charge is 1.00 e. The number of benzene rings is 1. The van der Waals surface area contributed by atoms with E-state index in [0.717, 1.165) is 20.3 Å².